The minimum absolute atomic E-state index is 0.0806. The lowest BCUT2D eigenvalue weighted by Crippen LogP contribution is -2.47. The van der Waals surface area contributed by atoms with Gasteiger partial charge in [-0.2, -0.15) is 5.10 Å². The molecule has 1 unspecified atom stereocenters. The molecule has 1 aliphatic heterocycles. The number of benzene rings is 1. The van der Waals surface area contributed by atoms with Crippen molar-refractivity contribution in [2.24, 2.45) is 0 Å². The van der Waals surface area contributed by atoms with Crippen molar-refractivity contribution in [1.29, 1.82) is 0 Å². The van der Waals surface area contributed by atoms with E-state index < -0.39 is 5.82 Å². The number of nitrogens with zero attached hydrogens (tertiary/aromatic N) is 4. The summed E-state index contributed by atoms with van der Waals surface area (Å²) in [6, 6.07) is 7.05. The molecule has 1 atom stereocenters. The minimum atomic E-state index is -0.408. The van der Waals surface area contributed by atoms with Crippen LogP contribution in [0.3, 0.4) is 0 Å². The minimum Gasteiger partial charge on any atom is -0.314 e. The second kappa shape index (κ2) is 7.03. The van der Waals surface area contributed by atoms with Gasteiger partial charge in [0.05, 0.1) is 42.9 Å². The molecule has 28 heavy (non-hydrogen) atoms. The third kappa shape index (κ3) is 3.33. The molecule has 4 rings (SSSR count). The van der Waals surface area contributed by atoms with Crippen molar-refractivity contribution < 1.29 is 13.6 Å². The van der Waals surface area contributed by atoms with Gasteiger partial charge >= 0.3 is 6.03 Å². The van der Waals surface area contributed by atoms with E-state index in [-0.39, 0.29) is 17.9 Å². The van der Waals surface area contributed by atoms with E-state index in [1.165, 1.54) is 18.2 Å². The van der Waals surface area contributed by atoms with E-state index in [9.17, 15) is 13.6 Å². The van der Waals surface area contributed by atoms with Gasteiger partial charge in [-0.05, 0) is 49.7 Å². The van der Waals surface area contributed by atoms with Gasteiger partial charge in [-0.3, -0.25) is 9.67 Å². The maximum atomic E-state index is 13.5. The molecule has 0 radical (unpaired) electrons. The lowest BCUT2D eigenvalue weighted by Gasteiger charge is -2.34. The van der Waals surface area contributed by atoms with Gasteiger partial charge in [0.2, 0.25) is 0 Å². The number of carbonyl (C=O) groups excluding carboxylic acids is 1. The summed E-state index contributed by atoms with van der Waals surface area (Å²) >= 11 is 0. The van der Waals surface area contributed by atoms with Crippen LogP contribution in [0.1, 0.15) is 18.2 Å². The fourth-order valence-corrected chi connectivity index (χ4v) is 3.34. The number of fused-ring (bicyclic) bond motifs is 1. The van der Waals surface area contributed by atoms with Gasteiger partial charge in [0.25, 0.3) is 0 Å². The molecule has 1 N–H and O–H groups in total. The van der Waals surface area contributed by atoms with E-state index in [0.29, 0.717) is 30.0 Å². The first-order valence-corrected chi connectivity index (χ1v) is 8.93. The predicted molar refractivity (Wildman–Crippen MR) is 101 cm³/mol. The average Bonchev–Trinajstić information content (AvgIpc) is 3.07. The summed E-state index contributed by atoms with van der Waals surface area (Å²) in [6.07, 6.45) is 2.85. The summed E-state index contributed by atoms with van der Waals surface area (Å²) in [5.74, 6) is -0.723. The van der Waals surface area contributed by atoms with Gasteiger partial charge in [0, 0.05) is 11.3 Å². The van der Waals surface area contributed by atoms with Gasteiger partial charge < -0.3 is 10.2 Å². The van der Waals surface area contributed by atoms with Gasteiger partial charge in [0.1, 0.15) is 11.6 Å². The molecule has 0 aliphatic carbocycles. The molecule has 0 saturated heterocycles. The molecule has 0 spiro atoms. The molecule has 0 saturated carbocycles. The molecule has 1 aliphatic rings. The third-order valence-electron chi connectivity index (χ3n) is 4.91. The van der Waals surface area contributed by atoms with Crippen molar-refractivity contribution in [1.82, 2.24) is 19.7 Å². The number of rotatable bonds is 2. The molecule has 3 heterocycles. The second-order valence-corrected chi connectivity index (χ2v) is 6.92. The van der Waals surface area contributed by atoms with Crippen LogP contribution in [0.5, 0.6) is 0 Å². The smallest absolute Gasteiger partial charge is 0.314 e. The maximum absolute atomic E-state index is 13.5. The fourth-order valence-electron chi connectivity index (χ4n) is 3.34. The van der Waals surface area contributed by atoms with E-state index in [4.69, 9.17) is 0 Å². The highest BCUT2D eigenvalue weighted by atomic mass is 19.1. The van der Waals surface area contributed by atoms with Crippen LogP contribution >= 0.6 is 0 Å². The summed E-state index contributed by atoms with van der Waals surface area (Å²) < 4.78 is 28.5. The molecule has 1 aromatic carbocycles. The maximum Gasteiger partial charge on any atom is 0.322 e. The number of pyridine rings is 1. The SMILES string of the molecule is Cc1cc(NC(=O)N2Cc3c(-c4ccc(F)cn4)cnn3CC2C)ccc1F. The van der Waals surface area contributed by atoms with Gasteiger partial charge in [-0.1, -0.05) is 0 Å². The van der Waals surface area contributed by atoms with E-state index >= 15 is 0 Å². The number of nitrogens with one attached hydrogen (secondary N) is 1. The number of amides is 2. The largest absolute Gasteiger partial charge is 0.322 e. The number of urea groups is 1. The average molecular weight is 383 g/mol. The Morgan fingerprint density at radius 1 is 1.21 bits per heavy atom. The van der Waals surface area contributed by atoms with Crippen LogP contribution < -0.4 is 5.32 Å². The van der Waals surface area contributed by atoms with Crippen LogP contribution in [0.25, 0.3) is 11.3 Å². The van der Waals surface area contributed by atoms with Crippen LogP contribution in [0.4, 0.5) is 19.3 Å². The van der Waals surface area contributed by atoms with Crippen molar-refractivity contribution >= 4 is 11.7 Å². The van der Waals surface area contributed by atoms with E-state index in [0.717, 1.165) is 17.5 Å². The molecule has 6 nitrogen and oxygen atoms in total. The Hall–Kier alpha value is -3.29. The molecular formula is C20H19F2N5O. The third-order valence-corrected chi connectivity index (χ3v) is 4.91. The van der Waals surface area contributed by atoms with E-state index in [1.54, 1.807) is 30.2 Å². The first kappa shape index (κ1) is 18.1. The lowest BCUT2D eigenvalue weighted by atomic mass is 10.1. The van der Waals surface area contributed by atoms with Crippen molar-refractivity contribution in [3.8, 4) is 11.3 Å². The van der Waals surface area contributed by atoms with Crippen LogP contribution in [0.15, 0.2) is 42.7 Å². The van der Waals surface area contributed by atoms with Gasteiger partial charge in [-0.15, -0.1) is 0 Å². The summed E-state index contributed by atoms with van der Waals surface area (Å²) in [4.78, 5) is 18.6. The lowest BCUT2D eigenvalue weighted by molar-refractivity contribution is 0.162. The number of hydrogen-bond donors (Lipinski definition) is 1. The van der Waals surface area contributed by atoms with Gasteiger partial charge in [-0.25, -0.2) is 13.6 Å². The second-order valence-electron chi connectivity index (χ2n) is 6.92. The quantitative estimate of drug-likeness (QED) is 0.728. The van der Waals surface area contributed by atoms with Crippen molar-refractivity contribution in [3.63, 3.8) is 0 Å². The van der Waals surface area contributed by atoms with Crippen LogP contribution in [-0.2, 0) is 13.1 Å². The number of anilines is 1. The monoisotopic (exact) mass is 383 g/mol. The molecule has 2 aromatic heterocycles. The summed E-state index contributed by atoms with van der Waals surface area (Å²) in [5.41, 5.74) is 3.21. The number of halogens is 2. The molecule has 2 amide bonds. The highest BCUT2D eigenvalue weighted by molar-refractivity contribution is 5.89. The normalized spacial score (nSPS) is 16.0. The Bertz CT molecular complexity index is 1030. The van der Waals surface area contributed by atoms with Crippen molar-refractivity contribution in [2.75, 3.05) is 5.32 Å². The van der Waals surface area contributed by atoms with Crippen molar-refractivity contribution in [3.05, 3.63) is 65.6 Å². The first-order valence-electron chi connectivity index (χ1n) is 8.93. The number of aryl methyl sites for hydroxylation is 1. The van der Waals surface area contributed by atoms with E-state index in [1.807, 2.05) is 11.6 Å². The molecular weight excluding hydrogens is 364 g/mol. The Morgan fingerprint density at radius 2 is 2.04 bits per heavy atom. The predicted octanol–water partition coefficient (Wildman–Crippen LogP) is 3.97. The van der Waals surface area contributed by atoms with E-state index in [2.05, 4.69) is 15.4 Å². The molecule has 3 aromatic rings. The summed E-state index contributed by atoms with van der Waals surface area (Å²) in [7, 11) is 0. The highest BCUT2D eigenvalue weighted by Gasteiger charge is 2.30. The summed E-state index contributed by atoms with van der Waals surface area (Å²) in [6.45, 7) is 4.46. The fraction of sp³-hybridized carbons (Fsp3) is 0.250. The highest BCUT2D eigenvalue weighted by Crippen LogP contribution is 2.28. The molecule has 0 bridgehead atoms. The van der Waals surface area contributed by atoms with Crippen LogP contribution in [0, 0.1) is 18.6 Å². The zero-order valence-corrected chi connectivity index (χ0v) is 15.5. The Kier molecular flexibility index (Phi) is 4.54. The summed E-state index contributed by atoms with van der Waals surface area (Å²) in [5, 5.41) is 7.21. The van der Waals surface area contributed by atoms with Crippen LogP contribution in [-0.4, -0.2) is 31.7 Å². The molecule has 144 valence electrons. The molecule has 0 fully saturated rings. The Balaban J connectivity index is 1.58. The van der Waals surface area contributed by atoms with Gasteiger partial charge in [0.15, 0.2) is 0 Å². The Morgan fingerprint density at radius 3 is 2.75 bits per heavy atom. The Labute approximate surface area is 160 Å². The molecule has 8 heteroatoms. The standard InChI is InChI=1S/C20H19F2N5O/c1-12-7-15(4-5-17(12)22)25-20(28)26-11-19-16(9-24-27(19)10-13(26)2)18-6-3-14(21)8-23-18/h3-9,13H,10-11H2,1-2H3,(H,25,28). The first-order chi connectivity index (χ1) is 13.4. The zero-order chi connectivity index (χ0) is 19.8. The number of carbonyl (C=O) groups is 1. The van der Waals surface area contributed by atoms with Crippen LogP contribution in [0.2, 0.25) is 0 Å². The number of hydrogen-bond acceptors (Lipinski definition) is 3. The zero-order valence-electron chi connectivity index (χ0n) is 15.5. The van der Waals surface area contributed by atoms with Crippen molar-refractivity contribution in [2.45, 2.75) is 33.0 Å². The number of aromatic nitrogens is 3. The topological polar surface area (TPSA) is 63.1 Å².